The van der Waals surface area contributed by atoms with Crippen LogP contribution in [0.3, 0.4) is 0 Å². The van der Waals surface area contributed by atoms with Crippen molar-refractivity contribution in [2.45, 2.75) is 12.6 Å². The molecule has 5 amide bonds. The third-order valence-electron chi connectivity index (χ3n) is 5.07. The molecule has 10 heteroatoms. The van der Waals surface area contributed by atoms with Crippen LogP contribution in [-0.2, 0) is 16.1 Å². The molecule has 0 saturated carbocycles. The van der Waals surface area contributed by atoms with E-state index in [2.05, 4.69) is 16.0 Å². The van der Waals surface area contributed by atoms with Crippen molar-refractivity contribution < 1.29 is 23.6 Å². The number of piperazine rings is 1. The first kappa shape index (κ1) is 19.6. The second-order valence-electron chi connectivity index (χ2n) is 7.09. The van der Waals surface area contributed by atoms with E-state index >= 15 is 0 Å². The Morgan fingerprint density at radius 3 is 2.77 bits per heavy atom. The van der Waals surface area contributed by atoms with Gasteiger partial charge >= 0.3 is 6.03 Å². The molecule has 0 radical (unpaired) electrons. The molecular formula is C20H21N5O5. The van der Waals surface area contributed by atoms with E-state index in [0.717, 1.165) is 0 Å². The standard InChI is InChI=1S/C20H21N5O5/c26-17(12-24-7-8-25-16(11-24)19(28)23-20(25)29)22-15-6-2-1-5-14(15)18(27)21-10-13-4-3-9-30-13/h1-6,9,16H,7-8,10-12H2,(H,21,27)(H,22,26)(H,23,28,29)/t16-/m0/s1. The Labute approximate surface area is 172 Å². The Morgan fingerprint density at radius 1 is 1.13 bits per heavy atom. The number of nitrogens with zero attached hydrogens (tertiary/aromatic N) is 2. The molecule has 0 spiro atoms. The van der Waals surface area contributed by atoms with E-state index in [9.17, 15) is 19.2 Å². The first-order valence-corrected chi connectivity index (χ1v) is 9.54. The van der Waals surface area contributed by atoms with Gasteiger partial charge in [-0.05, 0) is 24.3 Å². The lowest BCUT2D eigenvalue weighted by atomic mass is 10.1. The molecule has 1 aromatic carbocycles. The van der Waals surface area contributed by atoms with Gasteiger partial charge in [-0.25, -0.2) is 4.79 Å². The van der Waals surface area contributed by atoms with Crippen molar-refractivity contribution >= 4 is 29.4 Å². The second-order valence-corrected chi connectivity index (χ2v) is 7.09. The number of nitrogens with one attached hydrogen (secondary N) is 3. The maximum atomic E-state index is 12.6. The van der Waals surface area contributed by atoms with Crippen molar-refractivity contribution in [3.8, 4) is 0 Å². The predicted octanol–water partition coefficient (Wildman–Crippen LogP) is 0.384. The highest BCUT2D eigenvalue weighted by atomic mass is 16.3. The summed E-state index contributed by atoms with van der Waals surface area (Å²) >= 11 is 0. The molecule has 0 aliphatic carbocycles. The van der Waals surface area contributed by atoms with Crippen molar-refractivity contribution in [2.75, 3.05) is 31.5 Å². The van der Waals surface area contributed by atoms with E-state index in [1.807, 2.05) is 4.90 Å². The lowest BCUT2D eigenvalue weighted by Crippen LogP contribution is -2.54. The Hall–Kier alpha value is -3.66. The molecule has 4 rings (SSSR count). The molecule has 30 heavy (non-hydrogen) atoms. The third kappa shape index (κ3) is 4.18. The number of fused-ring (bicyclic) bond motifs is 1. The molecular weight excluding hydrogens is 390 g/mol. The number of urea groups is 1. The van der Waals surface area contributed by atoms with E-state index in [4.69, 9.17) is 4.42 Å². The van der Waals surface area contributed by atoms with Crippen LogP contribution in [0.4, 0.5) is 10.5 Å². The fraction of sp³-hybridized carbons (Fsp3) is 0.300. The zero-order valence-corrected chi connectivity index (χ0v) is 16.1. The van der Waals surface area contributed by atoms with E-state index < -0.39 is 6.04 Å². The molecule has 1 aromatic heterocycles. The van der Waals surface area contributed by atoms with E-state index in [0.29, 0.717) is 30.1 Å². The number of imide groups is 1. The number of amides is 5. The van der Waals surface area contributed by atoms with Gasteiger partial charge in [0.15, 0.2) is 0 Å². The summed E-state index contributed by atoms with van der Waals surface area (Å²) in [6.45, 7) is 1.43. The highest BCUT2D eigenvalue weighted by Crippen LogP contribution is 2.17. The summed E-state index contributed by atoms with van der Waals surface area (Å²) in [4.78, 5) is 51.9. The number of hydrogen-bond donors (Lipinski definition) is 3. The zero-order chi connectivity index (χ0) is 21.1. The molecule has 2 aliphatic rings. The topological polar surface area (TPSA) is 124 Å². The van der Waals surface area contributed by atoms with Crippen LogP contribution >= 0.6 is 0 Å². The predicted molar refractivity (Wildman–Crippen MR) is 105 cm³/mol. The van der Waals surface area contributed by atoms with Crippen molar-refractivity contribution in [3.05, 3.63) is 54.0 Å². The summed E-state index contributed by atoms with van der Waals surface area (Å²) in [6.07, 6.45) is 1.53. The molecule has 2 saturated heterocycles. The molecule has 1 atom stereocenters. The van der Waals surface area contributed by atoms with Gasteiger partial charge in [0.25, 0.3) is 11.8 Å². The Kier molecular flexibility index (Phi) is 5.48. The number of para-hydroxylation sites is 1. The minimum Gasteiger partial charge on any atom is -0.467 e. The molecule has 3 N–H and O–H groups in total. The van der Waals surface area contributed by atoms with Gasteiger partial charge < -0.3 is 20.0 Å². The van der Waals surface area contributed by atoms with Gasteiger partial charge in [-0.3, -0.25) is 24.6 Å². The highest BCUT2D eigenvalue weighted by molar-refractivity contribution is 6.05. The number of hydrogen-bond acceptors (Lipinski definition) is 6. The largest absolute Gasteiger partial charge is 0.467 e. The minimum absolute atomic E-state index is 0.0498. The van der Waals surface area contributed by atoms with Crippen molar-refractivity contribution in [1.29, 1.82) is 0 Å². The van der Waals surface area contributed by atoms with Crippen LogP contribution in [0.15, 0.2) is 47.1 Å². The zero-order valence-electron chi connectivity index (χ0n) is 16.1. The van der Waals surface area contributed by atoms with Crippen LogP contribution in [-0.4, -0.2) is 65.8 Å². The monoisotopic (exact) mass is 411 g/mol. The summed E-state index contributed by atoms with van der Waals surface area (Å²) < 4.78 is 5.20. The molecule has 0 bridgehead atoms. The van der Waals surface area contributed by atoms with Crippen LogP contribution in [0.5, 0.6) is 0 Å². The van der Waals surface area contributed by atoms with Crippen LogP contribution in [0.25, 0.3) is 0 Å². The normalized spacial score (nSPS) is 18.7. The van der Waals surface area contributed by atoms with Crippen molar-refractivity contribution in [2.24, 2.45) is 0 Å². The molecule has 10 nitrogen and oxygen atoms in total. The summed E-state index contributed by atoms with van der Waals surface area (Å²) in [5.74, 6) is -0.362. The first-order chi connectivity index (χ1) is 14.5. The average molecular weight is 411 g/mol. The lowest BCUT2D eigenvalue weighted by molar-refractivity contribution is -0.124. The van der Waals surface area contributed by atoms with Gasteiger partial charge in [0.2, 0.25) is 5.91 Å². The van der Waals surface area contributed by atoms with Gasteiger partial charge in [0.05, 0.1) is 30.6 Å². The average Bonchev–Trinajstić information content (AvgIpc) is 3.34. The molecule has 2 aliphatic heterocycles. The Morgan fingerprint density at radius 2 is 1.97 bits per heavy atom. The van der Waals surface area contributed by atoms with E-state index in [1.54, 1.807) is 36.4 Å². The van der Waals surface area contributed by atoms with Crippen LogP contribution in [0, 0.1) is 0 Å². The van der Waals surface area contributed by atoms with Crippen molar-refractivity contribution in [3.63, 3.8) is 0 Å². The highest BCUT2D eigenvalue weighted by Gasteiger charge is 2.42. The van der Waals surface area contributed by atoms with Gasteiger partial charge in [-0.15, -0.1) is 0 Å². The molecule has 156 valence electrons. The first-order valence-electron chi connectivity index (χ1n) is 9.54. The van der Waals surface area contributed by atoms with Gasteiger partial charge in [0.1, 0.15) is 11.8 Å². The summed E-state index contributed by atoms with van der Waals surface area (Å²) in [5, 5.41) is 7.80. The Balaban J connectivity index is 1.35. The molecule has 2 fully saturated rings. The maximum absolute atomic E-state index is 12.6. The number of rotatable bonds is 6. The molecule has 3 heterocycles. The summed E-state index contributed by atoms with van der Waals surface area (Å²) in [7, 11) is 0. The van der Waals surface area contributed by atoms with Crippen molar-refractivity contribution in [1.82, 2.24) is 20.4 Å². The van der Waals surface area contributed by atoms with Crippen LogP contribution < -0.4 is 16.0 Å². The number of carbonyl (C=O) groups is 4. The van der Waals surface area contributed by atoms with Gasteiger partial charge in [-0.2, -0.15) is 0 Å². The van der Waals surface area contributed by atoms with E-state index in [1.165, 1.54) is 11.2 Å². The fourth-order valence-corrected chi connectivity index (χ4v) is 3.57. The molecule has 0 unspecified atom stereocenters. The summed E-state index contributed by atoms with van der Waals surface area (Å²) in [6, 6.07) is 9.26. The maximum Gasteiger partial charge on any atom is 0.324 e. The quantitative estimate of drug-likeness (QED) is 0.591. The number of anilines is 1. The number of carbonyl (C=O) groups excluding carboxylic acids is 4. The Bertz CT molecular complexity index is 974. The third-order valence-corrected chi connectivity index (χ3v) is 5.07. The van der Waals surface area contributed by atoms with Gasteiger partial charge in [-0.1, -0.05) is 12.1 Å². The molecule has 2 aromatic rings. The SMILES string of the molecule is O=C(CN1CCN2C(=O)NC(=O)[C@@H]2C1)Nc1ccccc1C(=O)NCc1ccco1. The fourth-order valence-electron chi connectivity index (χ4n) is 3.57. The number of furan rings is 1. The smallest absolute Gasteiger partial charge is 0.324 e. The number of benzene rings is 1. The van der Waals surface area contributed by atoms with E-state index in [-0.39, 0.29) is 43.4 Å². The van der Waals surface area contributed by atoms with Gasteiger partial charge in [0, 0.05) is 19.6 Å². The van der Waals surface area contributed by atoms with Crippen LogP contribution in [0.1, 0.15) is 16.1 Å². The summed E-state index contributed by atoms with van der Waals surface area (Å²) in [5.41, 5.74) is 0.731. The second kappa shape index (κ2) is 8.37. The lowest BCUT2D eigenvalue weighted by Gasteiger charge is -2.34. The van der Waals surface area contributed by atoms with Crippen LogP contribution in [0.2, 0.25) is 0 Å². The minimum atomic E-state index is -0.571.